The molecule has 1 heterocycles. The Labute approximate surface area is 181 Å². The molecule has 0 radical (unpaired) electrons. The van der Waals surface area contributed by atoms with E-state index in [1.807, 2.05) is 20.8 Å². The van der Waals surface area contributed by atoms with Gasteiger partial charge in [-0.15, -0.1) is 0 Å². The zero-order valence-electron chi connectivity index (χ0n) is 17.8. The smallest absolute Gasteiger partial charge is 0.254 e. The molecule has 0 N–H and O–H groups in total. The number of likely N-dealkylation sites (tertiary alicyclic amines) is 1. The van der Waals surface area contributed by atoms with Crippen LogP contribution in [0.4, 0.5) is 4.39 Å². The monoisotopic (exact) mass is 451 g/mol. The van der Waals surface area contributed by atoms with E-state index in [1.54, 1.807) is 12.1 Å². The highest BCUT2D eigenvalue weighted by Gasteiger charge is 2.41. The first kappa shape index (κ1) is 22.9. The van der Waals surface area contributed by atoms with Crippen molar-refractivity contribution in [2.24, 2.45) is 0 Å². The summed E-state index contributed by atoms with van der Waals surface area (Å²) in [7, 11) is -3.65. The average Bonchev–Trinajstić information content (AvgIpc) is 2.69. The van der Waals surface area contributed by atoms with Crippen LogP contribution < -0.4 is 14.2 Å². The summed E-state index contributed by atoms with van der Waals surface area (Å²) in [6.07, 6.45) is 0. The fourth-order valence-corrected chi connectivity index (χ4v) is 4.96. The molecular weight excluding hydrogens is 425 g/mol. The lowest BCUT2D eigenvalue weighted by atomic mass is 10.1. The Bertz CT molecular complexity index is 1010. The molecule has 7 nitrogen and oxygen atoms in total. The summed E-state index contributed by atoms with van der Waals surface area (Å²) in [5.41, 5.74) is 0.327. The van der Waals surface area contributed by atoms with Crippen LogP contribution in [-0.2, 0) is 9.84 Å². The maximum Gasteiger partial charge on any atom is 0.254 e. The van der Waals surface area contributed by atoms with Gasteiger partial charge in [0.15, 0.2) is 21.3 Å². The van der Waals surface area contributed by atoms with Crippen LogP contribution in [0.25, 0.3) is 0 Å². The van der Waals surface area contributed by atoms with Gasteiger partial charge in [0.1, 0.15) is 11.1 Å². The number of hydrogen-bond acceptors (Lipinski definition) is 6. The number of sulfone groups is 1. The summed E-state index contributed by atoms with van der Waals surface area (Å²) in [4.78, 5) is 14.5. The maximum atomic E-state index is 13.1. The van der Waals surface area contributed by atoms with Crippen LogP contribution in [-0.4, -0.2) is 57.4 Å². The number of halogens is 1. The van der Waals surface area contributed by atoms with Crippen molar-refractivity contribution in [3.8, 4) is 17.2 Å². The zero-order chi connectivity index (χ0) is 22.6. The first-order valence-electron chi connectivity index (χ1n) is 10.2. The number of carbonyl (C=O) groups is 1. The fraction of sp³-hybridized carbons (Fsp3) is 0.409. The van der Waals surface area contributed by atoms with Crippen molar-refractivity contribution in [3.63, 3.8) is 0 Å². The molecule has 3 rings (SSSR count). The highest BCUT2D eigenvalue weighted by molar-refractivity contribution is 7.92. The minimum absolute atomic E-state index is 0.0457. The van der Waals surface area contributed by atoms with Gasteiger partial charge in [-0.2, -0.15) is 0 Å². The van der Waals surface area contributed by atoms with Gasteiger partial charge in [-0.05, 0) is 57.2 Å². The van der Waals surface area contributed by atoms with E-state index in [9.17, 15) is 17.6 Å². The first-order chi connectivity index (χ1) is 14.8. The summed E-state index contributed by atoms with van der Waals surface area (Å²) in [6, 6.07) is 7.87. The lowest BCUT2D eigenvalue weighted by Crippen LogP contribution is -2.56. The molecule has 31 heavy (non-hydrogen) atoms. The minimum Gasteiger partial charge on any atom is -0.490 e. The van der Waals surface area contributed by atoms with Crippen LogP contribution in [0.1, 0.15) is 31.1 Å². The second-order valence-electron chi connectivity index (χ2n) is 6.93. The van der Waals surface area contributed by atoms with E-state index in [1.165, 1.54) is 17.0 Å². The van der Waals surface area contributed by atoms with E-state index >= 15 is 0 Å². The number of rotatable bonds is 9. The Hall–Kier alpha value is -2.81. The second-order valence-corrected chi connectivity index (χ2v) is 9.16. The molecule has 0 atom stereocenters. The van der Waals surface area contributed by atoms with Crippen molar-refractivity contribution in [2.45, 2.75) is 30.9 Å². The van der Waals surface area contributed by atoms with Crippen molar-refractivity contribution < 1.29 is 31.8 Å². The third-order valence-electron chi connectivity index (χ3n) is 4.87. The molecule has 1 aliphatic heterocycles. The van der Waals surface area contributed by atoms with Crippen LogP contribution in [0.5, 0.6) is 17.2 Å². The van der Waals surface area contributed by atoms with Crippen LogP contribution in [0.15, 0.2) is 41.3 Å². The molecule has 1 amide bonds. The molecule has 0 bridgehead atoms. The van der Waals surface area contributed by atoms with E-state index in [2.05, 4.69) is 0 Å². The van der Waals surface area contributed by atoms with Crippen molar-refractivity contribution in [2.75, 3.05) is 32.9 Å². The van der Waals surface area contributed by atoms with E-state index in [0.29, 0.717) is 42.6 Å². The van der Waals surface area contributed by atoms with Gasteiger partial charge < -0.3 is 19.1 Å². The molecule has 0 unspecified atom stereocenters. The largest absolute Gasteiger partial charge is 0.490 e. The SMILES string of the molecule is CCOc1cc(C(=O)N2CC(S(=O)(=O)c3ccc(F)cc3)C2)cc(OCC)c1OCC. The predicted octanol–water partition coefficient (Wildman–Crippen LogP) is 3.32. The van der Waals surface area contributed by atoms with Crippen LogP contribution in [0.3, 0.4) is 0 Å². The molecule has 1 fully saturated rings. The second kappa shape index (κ2) is 9.55. The third-order valence-corrected chi connectivity index (χ3v) is 6.98. The number of hydrogen-bond donors (Lipinski definition) is 0. The summed E-state index contributed by atoms with van der Waals surface area (Å²) < 4.78 is 55.4. The molecule has 1 saturated heterocycles. The summed E-state index contributed by atoms with van der Waals surface area (Å²) in [5, 5.41) is -0.734. The van der Waals surface area contributed by atoms with Crippen LogP contribution >= 0.6 is 0 Å². The number of carbonyl (C=O) groups excluding carboxylic acids is 1. The van der Waals surface area contributed by atoms with Crippen LogP contribution in [0.2, 0.25) is 0 Å². The molecule has 0 saturated carbocycles. The number of amides is 1. The zero-order valence-corrected chi connectivity index (χ0v) is 18.6. The quantitative estimate of drug-likeness (QED) is 0.544. The molecule has 2 aromatic rings. The molecular formula is C22H26FNO6S. The first-order valence-corrected chi connectivity index (χ1v) is 11.7. The molecule has 168 valence electrons. The highest BCUT2D eigenvalue weighted by Crippen LogP contribution is 2.40. The van der Waals surface area contributed by atoms with Gasteiger partial charge in [0.2, 0.25) is 5.75 Å². The highest BCUT2D eigenvalue weighted by atomic mass is 32.2. The molecule has 0 spiro atoms. The summed E-state index contributed by atoms with van der Waals surface area (Å²) in [5.74, 6) is 0.401. The summed E-state index contributed by atoms with van der Waals surface area (Å²) in [6.45, 7) is 6.76. The number of benzene rings is 2. The van der Waals surface area contributed by atoms with E-state index in [0.717, 1.165) is 12.1 Å². The maximum absolute atomic E-state index is 13.1. The van der Waals surface area contributed by atoms with Crippen molar-refractivity contribution in [3.05, 3.63) is 47.8 Å². The fourth-order valence-electron chi connectivity index (χ4n) is 3.31. The molecule has 0 aromatic heterocycles. The Balaban J connectivity index is 1.80. The lowest BCUT2D eigenvalue weighted by Gasteiger charge is -2.38. The van der Waals surface area contributed by atoms with E-state index < -0.39 is 20.9 Å². The van der Waals surface area contributed by atoms with Crippen molar-refractivity contribution in [1.29, 1.82) is 0 Å². The van der Waals surface area contributed by atoms with E-state index in [4.69, 9.17) is 14.2 Å². The predicted molar refractivity (Wildman–Crippen MR) is 113 cm³/mol. The van der Waals surface area contributed by atoms with Crippen molar-refractivity contribution >= 4 is 15.7 Å². The van der Waals surface area contributed by atoms with Gasteiger partial charge in [-0.1, -0.05) is 0 Å². The minimum atomic E-state index is -3.65. The Morgan fingerprint density at radius 2 is 1.48 bits per heavy atom. The third kappa shape index (κ3) is 4.76. The molecule has 1 aliphatic rings. The van der Waals surface area contributed by atoms with Gasteiger partial charge >= 0.3 is 0 Å². The molecule has 2 aromatic carbocycles. The van der Waals surface area contributed by atoms with Gasteiger partial charge in [0.25, 0.3) is 5.91 Å². The normalized spacial score (nSPS) is 14.1. The lowest BCUT2D eigenvalue weighted by molar-refractivity contribution is 0.0657. The number of nitrogens with zero attached hydrogens (tertiary/aromatic N) is 1. The topological polar surface area (TPSA) is 82.1 Å². The Morgan fingerprint density at radius 1 is 0.968 bits per heavy atom. The van der Waals surface area contributed by atoms with Gasteiger partial charge in [-0.25, -0.2) is 12.8 Å². The standard InChI is InChI=1S/C22H26FNO6S/c1-4-28-19-11-15(12-20(29-5-2)21(19)30-6-3)22(25)24-13-18(14-24)31(26,27)17-9-7-16(23)8-10-17/h7-12,18H,4-6,13-14H2,1-3H3. The summed E-state index contributed by atoms with van der Waals surface area (Å²) >= 11 is 0. The Morgan fingerprint density at radius 3 is 1.97 bits per heavy atom. The van der Waals surface area contributed by atoms with E-state index in [-0.39, 0.29) is 23.9 Å². The van der Waals surface area contributed by atoms with Gasteiger partial charge in [-0.3, -0.25) is 4.79 Å². The Kier molecular flexibility index (Phi) is 7.04. The average molecular weight is 452 g/mol. The van der Waals surface area contributed by atoms with Crippen LogP contribution in [0, 0.1) is 5.82 Å². The van der Waals surface area contributed by atoms with Gasteiger partial charge in [0, 0.05) is 18.7 Å². The van der Waals surface area contributed by atoms with Crippen molar-refractivity contribution in [1.82, 2.24) is 4.90 Å². The molecule has 9 heteroatoms. The number of ether oxygens (including phenoxy) is 3. The van der Waals surface area contributed by atoms with Gasteiger partial charge in [0.05, 0.1) is 24.7 Å². The molecule has 0 aliphatic carbocycles.